The molecule has 2 rings (SSSR count). The summed E-state index contributed by atoms with van der Waals surface area (Å²) in [4.78, 5) is 13.3. The zero-order chi connectivity index (χ0) is 14.8. The SMILES string of the molecule is CCS(=O)(=O)N1CCN(C(C)=O)C[C@H]1c1ccccc1. The molecule has 6 heteroatoms. The second-order valence-electron chi connectivity index (χ2n) is 4.90. The maximum absolute atomic E-state index is 12.2. The summed E-state index contributed by atoms with van der Waals surface area (Å²) in [5, 5.41) is 0. The number of amides is 1. The van der Waals surface area contributed by atoms with Crippen molar-refractivity contribution in [3.63, 3.8) is 0 Å². The van der Waals surface area contributed by atoms with Crippen LogP contribution in [0.25, 0.3) is 0 Å². The van der Waals surface area contributed by atoms with E-state index >= 15 is 0 Å². The van der Waals surface area contributed by atoms with Crippen molar-refractivity contribution in [1.82, 2.24) is 9.21 Å². The van der Waals surface area contributed by atoms with Gasteiger partial charge in [0.2, 0.25) is 15.9 Å². The fraction of sp³-hybridized carbons (Fsp3) is 0.500. The number of sulfonamides is 1. The highest BCUT2D eigenvalue weighted by molar-refractivity contribution is 7.89. The monoisotopic (exact) mass is 296 g/mol. The van der Waals surface area contributed by atoms with Crippen molar-refractivity contribution >= 4 is 15.9 Å². The van der Waals surface area contributed by atoms with Gasteiger partial charge < -0.3 is 4.90 Å². The van der Waals surface area contributed by atoms with E-state index in [1.165, 1.54) is 11.2 Å². The summed E-state index contributed by atoms with van der Waals surface area (Å²) in [5.74, 6) is 0.0654. The van der Waals surface area contributed by atoms with Crippen molar-refractivity contribution in [3.8, 4) is 0 Å². The molecule has 0 unspecified atom stereocenters. The summed E-state index contributed by atoms with van der Waals surface area (Å²) >= 11 is 0. The number of carbonyl (C=O) groups excluding carboxylic acids is 1. The van der Waals surface area contributed by atoms with Crippen LogP contribution in [0.15, 0.2) is 30.3 Å². The average molecular weight is 296 g/mol. The summed E-state index contributed by atoms with van der Waals surface area (Å²) in [6, 6.07) is 9.20. The molecule has 0 bridgehead atoms. The number of piperazine rings is 1. The van der Waals surface area contributed by atoms with E-state index in [0.29, 0.717) is 19.6 Å². The zero-order valence-corrected chi connectivity index (χ0v) is 12.6. The largest absolute Gasteiger partial charge is 0.340 e. The van der Waals surface area contributed by atoms with Crippen LogP contribution in [0.4, 0.5) is 0 Å². The van der Waals surface area contributed by atoms with Crippen LogP contribution in [0.2, 0.25) is 0 Å². The van der Waals surface area contributed by atoms with Crippen molar-refractivity contribution in [1.29, 1.82) is 0 Å². The van der Waals surface area contributed by atoms with Crippen molar-refractivity contribution in [2.45, 2.75) is 19.9 Å². The number of hydrogen-bond acceptors (Lipinski definition) is 3. The van der Waals surface area contributed by atoms with Crippen molar-refractivity contribution in [2.24, 2.45) is 0 Å². The first-order chi connectivity index (χ1) is 9.45. The van der Waals surface area contributed by atoms with Crippen LogP contribution < -0.4 is 0 Å². The van der Waals surface area contributed by atoms with Gasteiger partial charge in [-0.1, -0.05) is 30.3 Å². The van der Waals surface area contributed by atoms with Crippen LogP contribution in [-0.2, 0) is 14.8 Å². The van der Waals surface area contributed by atoms with Crippen molar-refractivity contribution < 1.29 is 13.2 Å². The molecule has 1 aromatic rings. The summed E-state index contributed by atoms with van der Waals surface area (Å²) in [7, 11) is -3.27. The lowest BCUT2D eigenvalue weighted by Crippen LogP contribution is -2.52. The second kappa shape index (κ2) is 5.93. The van der Waals surface area contributed by atoms with Gasteiger partial charge in [0.1, 0.15) is 0 Å². The molecule has 1 saturated heterocycles. The molecule has 1 amide bonds. The maximum Gasteiger partial charge on any atom is 0.219 e. The minimum absolute atomic E-state index is 0.0144. The van der Waals surface area contributed by atoms with Gasteiger partial charge in [-0.25, -0.2) is 8.42 Å². The van der Waals surface area contributed by atoms with Crippen LogP contribution >= 0.6 is 0 Å². The molecule has 1 heterocycles. The van der Waals surface area contributed by atoms with E-state index in [1.807, 2.05) is 30.3 Å². The molecule has 20 heavy (non-hydrogen) atoms. The molecule has 0 spiro atoms. The zero-order valence-electron chi connectivity index (χ0n) is 11.8. The van der Waals surface area contributed by atoms with Crippen LogP contribution in [-0.4, -0.2) is 48.9 Å². The van der Waals surface area contributed by atoms with Gasteiger partial charge in [0.15, 0.2) is 0 Å². The smallest absolute Gasteiger partial charge is 0.219 e. The minimum atomic E-state index is -3.27. The quantitative estimate of drug-likeness (QED) is 0.843. The average Bonchev–Trinajstić information content (AvgIpc) is 2.47. The Hall–Kier alpha value is -1.40. The first kappa shape index (κ1) is 15.0. The van der Waals surface area contributed by atoms with Crippen LogP contribution in [0.3, 0.4) is 0 Å². The molecule has 1 fully saturated rings. The molecule has 0 saturated carbocycles. The fourth-order valence-electron chi connectivity index (χ4n) is 2.50. The number of hydrogen-bond donors (Lipinski definition) is 0. The summed E-state index contributed by atoms with van der Waals surface area (Å²) in [6.07, 6.45) is 0. The molecular formula is C14H20N2O3S. The van der Waals surface area contributed by atoms with E-state index in [4.69, 9.17) is 0 Å². The standard InChI is InChI=1S/C14H20N2O3S/c1-3-20(18,19)16-10-9-15(12(2)17)11-14(16)13-7-5-4-6-8-13/h4-8,14H,3,9-11H2,1-2H3/t14-/m0/s1. The Bertz CT molecular complexity index is 571. The van der Waals surface area contributed by atoms with E-state index in [1.54, 1.807) is 11.8 Å². The Morgan fingerprint density at radius 2 is 1.90 bits per heavy atom. The Balaban J connectivity index is 2.35. The summed E-state index contributed by atoms with van der Waals surface area (Å²) in [5.41, 5.74) is 0.926. The third-order valence-electron chi connectivity index (χ3n) is 3.68. The van der Waals surface area contributed by atoms with E-state index in [9.17, 15) is 13.2 Å². The lowest BCUT2D eigenvalue weighted by Gasteiger charge is -2.40. The molecule has 110 valence electrons. The van der Waals surface area contributed by atoms with Gasteiger partial charge >= 0.3 is 0 Å². The molecule has 0 aliphatic carbocycles. The Morgan fingerprint density at radius 1 is 1.25 bits per heavy atom. The highest BCUT2D eigenvalue weighted by atomic mass is 32.2. The highest BCUT2D eigenvalue weighted by Crippen LogP contribution is 2.28. The molecule has 1 aliphatic rings. The lowest BCUT2D eigenvalue weighted by atomic mass is 10.0. The fourth-order valence-corrected chi connectivity index (χ4v) is 3.77. The van der Waals surface area contributed by atoms with Gasteiger partial charge in [0.25, 0.3) is 0 Å². The molecule has 5 nitrogen and oxygen atoms in total. The Morgan fingerprint density at radius 3 is 2.45 bits per heavy atom. The minimum Gasteiger partial charge on any atom is -0.340 e. The predicted molar refractivity (Wildman–Crippen MR) is 77.6 cm³/mol. The Labute approximate surface area is 120 Å². The number of benzene rings is 1. The van der Waals surface area contributed by atoms with Gasteiger partial charge in [-0.15, -0.1) is 0 Å². The molecular weight excluding hydrogens is 276 g/mol. The number of rotatable bonds is 3. The molecule has 0 N–H and O–H groups in total. The second-order valence-corrected chi connectivity index (χ2v) is 7.11. The van der Waals surface area contributed by atoms with Crippen molar-refractivity contribution in [2.75, 3.05) is 25.4 Å². The van der Waals surface area contributed by atoms with E-state index in [2.05, 4.69) is 0 Å². The number of carbonyl (C=O) groups is 1. The van der Waals surface area contributed by atoms with Gasteiger partial charge in [0.05, 0.1) is 11.8 Å². The van der Waals surface area contributed by atoms with Crippen LogP contribution in [0.5, 0.6) is 0 Å². The van der Waals surface area contributed by atoms with Gasteiger partial charge in [-0.05, 0) is 12.5 Å². The third kappa shape index (κ3) is 3.02. The molecule has 1 atom stereocenters. The van der Waals surface area contributed by atoms with Crippen LogP contribution in [0, 0.1) is 0 Å². The van der Waals surface area contributed by atoms with Crippen molar-refractivity contribution in [3.05, 3.63) is 35.9 Å². The summed E-state index contributed by atoms with van der Waals surface area (Å²) in [6.45, 7) is 4.40. The molecule has 0 radical (unpaired) electrons. The third-order valence-corrected chi connectivity index (χ3v) is 5.56. The summed E-state index contributed by atoms with van der Waals surface area (Å²) < 4.78 is 26.0. The lowest BCUT2D eigenvalue weighted by molar-refractivity contribution is -0.130. The van der Waals surface area contributed by atoms with E-state index < -0.39 is 10.0 Å². The molecule has 1 aliphatic heterocycles. The van der Waals surface area contributed by atoms with E-state index in [-0.39, 0.29) is 17.7 Å². The first-order valence-electron chi connectivity index (χ1n) is 6.75. The van der Waals surface area contributed by atoms with Gasteiger partial charge in [-0.3, -0.25) is 4.79 Å². The van der Waals surface area contributed by atoms with Gasteiger partial charge in [0, 0.05) is 26.6 Å². The maximum atomic E-state index is 12.2. The van der Waals surface area contributed by atoms with Gasteiger partial charge in [-0.2, -0.15) is 4.31 Å². The topological polar surface area (TPSA) is 57.7 Å². The number of nitrogens with zero attached hydrogens (tertiary/aromatic N) is 2. The predicted octanol–water partition coefficient (Wildman–Crippen LogP) is 1.24. The molecule has 1 aromatic carbocycles. The Kier molecular flexibility index (Phi) is 4.45. The normalized spacial score (nSPS) is 20.9. The molecule has 0 aromatic heterocycles. The van der Waals surface area contributed by atoms with Crippen LogP contribution in [0.1, 0.15) is 25.5 Å². The first-order valence-corrected chi connectivity index (χ1v) is 8.36. The highest BCUT2D eigenvalue weighted by Gasteiger charge is 2.35. The van der Waals surface area contributed by atoms with E-state index in [0.717, 1.165) is 5.56 Å².